The molecule has 0 bridgehead atoms. The van der Waals surface area contributed by atoms with E-state index in [-0.39, 0.29) is 0 Å². The van der Waals surface area contributed by atoms with Crippen molar-refractivity contribution >= 4 is 22.1 Å². The summed E-state index contributed by atoms with van der Waals surface area (Å²) >= 11 is 0. The first-order chi connectivity index (χ1) is 9.99. The van der Waals surface area contributed by atoms with Gasteiger partial charge in [-0.25, -0.2) is 4.39 Å². The predicted octanol–water partition coefficient (Wildman–Crippen LogP) is 1.09. The highest BCUT2D eigenvalue weighted by atomic mass is 32.2. The molecule has 1 unspecified atom stereocenters. The van der Waals surface area contributed by atoms with Crippen LogP contribution in [0.25, 0.3) is 0 Å². The number of aliphatic carboxylic acids is 1. The molecule has 0 aromatic heterocycles. The maximum atomic E-state index is 13.0. The molecule has 0 aliphatic carbocycles. The maximum Gasteiger partial charge on any atom is 0.473 e. The first-order valence-electron chi connectivity index (χ1n) is 5.10. The smallest absolute Gasteiger partial charge is 0.473 e. The molecule has 0 spiro atoms. The summed E-state index contributed by atoms with van der Waals surface area (Å²) in [5, 5.41) is 4.94. The van der Waals surface area contributed by atoms with Gasteiger partial charge in [-0.1, -0.05) is 0 Å². The molecule has 0 heterocycles. The number of alkyl halides is 7. The summed E-state index contributed by atoms with van der Waals surface area (Å²) in [6.45, 7) is -3.27. The first-order valence-corrected chi connectivity index (χ1v) is 6.60. The van der Waals surface area contributed by atoms with Gasteiger partial charge in [0.25, 0.3) is 10.1 Å². The van der Waals surface area contributed by atoms with Crippen LogP contribution in [0.1, 0.15) is 6.42 Å². The number of carbonyl (C=O) groups is 2. The summed E-state index contributed by atoms with van der Waals surface area (Å²) in [5.41, 5.74) is 0. The molecule has 2 N–H and O–H groups in total. The highest BCUT2D eigenvalue weighted by Crippen LogP contribution is 2.46. The van der Waals surface area contributed by atoms with Crippen LogP contribution in [-0.2, 0) is 24.4 Å². The molecule has 0 aliphatic heterocycles. The van der Waals surface area contributed by atoms with Gasteiger partial charge >= 0.3 is 29.9 Å². The van der Waals surface area contributed by atoms with Crippen LogP contribution in [0.3, 0.4) is 0 Å². The Hall–Kier alpha value is -1.64. The lowest BCUT2D eigenvalue weighted by Crippen LogP contribution is -2.58. The fourth-order valence-corrected chi connectivity index (χ4v) is 1.67. The van der Waals surface area contributed by atoms with E-state index in [0.717, 1.165) is 0 Å². The van der Waals surface area contributed by atoms with E-state index in [1.807, 2.05) is 0 Å². The summed E-state index contributed by atoms with van der Waals surface area (Å²) in [4.78, 5) is 21.3. The van der Waals surface area contributed by atoms with Crippen molar-refractivity contribution in [2.45, 2.75) is 29.6 Å². The van der Waals surface area contributed by atoms with Crippen molar-refractivity contribution < 1.29 is 63.1 Å². The molecule has 0 rings (SSSR count). The van der Waals surface area contributed by atoms with Crippen molar-refractivity contribution in [1.29, 1.82) is 0 Å². The second kappa shape index (κ2) is 6.46. The molecule has 0 radical (unpaired) electrons. The number of carbonyl (C=O) groups excluding carboxylic acids is 1. The second-order valence-electron chi connectivity index (χ2n) is 3.95. The minimum atomic E-state index is -6.59. The Labute approximate surface area is 122 Å². The highest BCUT2D eigenvalue weighted by Gasteiger charge is 2.75. The fraction of sp³-hybridized carbons (Fsp3) is 0.750. The lowest BCUT2D eigenvalue weighted by molar-refractivity contribution is -0.386. The van der Waals surface area contributed by atoms with Crippen LogP contribution >= 0.6 is 0 Å². The standard InChI is InChI=1S/C8H7F7O7S/c9-2-6(10,11)7(12,13)8(14,15)22-5(18)3(1-4(16)17)23(19,20)21/h3H,1-2H2,(H,16,17)(H,19,20,21). The van der Waals surface area contributed by atoms with Crippen LogP contribution in [0.4, 0.5) is 30.7 Å². The molecule has 0 fully saturated rings. The van der Waals surface area contributed by atoms with Crippen LogP contribution in [0.15, 0.2) is 0 Å². The van der Waals surface area contributed by atoms with Gasteiger partial charge in [0.15, 0.2) is 11.9 Å². The minimum Gasteiger partial charge on any atom is -0.481 e. The molecule has 0 aromatic carbocycles. The number of hydrogen-bond donors (Lipinski definition) is 2. The van der Waals surface area contributed by atoms with Gasteiger partial charge in [0.05, 0.1) is 6.42 Å². The van der Waals surface area contributed by atoms with Gasteiger partial charge in [0.2, 0.25) is 0 Å². The third kappa shape index (κ3) is 4.66. The Balaban J connectivity index is 5.59. The van der Waals surface area contributed by atoms with Crippen molar-refractivity contribution in [3.8, 4) is 0 Å². The van der Waals surface area contributed by atoms with Gasteiger partial charge in [-0.15, -0.1) is 0 Å². The van der Waals surface area contributed by atoms with Crippen LogP contribution in [-0.4, -0.2) is 59.9 Å². The molecular weight excluding hydrogens is 373 g/mol. The second-order valence-corrected chi connectivity index (χ2v) is 5.55. The van der Waals surface area contributed by atoms with Crippen LogP contribution in [0.2, 0.25) is 0 Å². The highest BCUT2D eigenvalue weighted by molar-refractivity contribution is 7.87. The maximum absolute atomic E-state index is 13.0. The van der Waals surface area contributed by atoms with Crippen molar-refractivity contribution in [1.82, 2.24) is 0 Å². The van der Waals surface area contributed by atoms with E-state index in [9.17, 15) is 48.7 Å². The minimum absolute atomic E-state index is 1.89. The fourth-order valence-electron chi connectivity index (χ4n) is 1.02. The van der Waals surface area contributed by atoms with Gasteiger partial charge in [-0.3, -0.25) is 14.1 Å². The van der Waals surface area contributed by atoms with E-state index >= 15 is 0 Å². The zero-order valence-electron chi connectivity index (χ0n) is 10.5. The van der Waals surface area contributed by atoms with E-state index in [2.05, 4.69) is 4.74 Å². The number of halogens is 7. The Morgan fingerprint density at radius 1 is 1.09 bits per heavy atom. The summed E-state index contributed by atoms with van der Waals surface area (Å²) < 4.78 is 121. The topological polar surface area (TPSA) is 118 Å². The number of rotatable bonds is 8. The van der Waals surface area contributed by atoms with Crippen molar-refractivity contribution in [3.05, 3.63) is 0 Å². The van der Waals surface area contributed by atoms with Crippen molar-refractivity contribution in [2.75, 3.05) is 6.67 Å². The van der Waals surface area contributed by atoms with Crippen molar-refractivity contribution in [2.24, 2.45) is 0 Å². The summed E-state index contributed by atoms with van der Waals surface area (Å²) in [7, 11) is -5.71. The van der Waals surface area contributed by atoms with E-state index in [0.29, 0.717) is 0 Å². The lowest BCUT2D eigenvalue weighted by atomic mass is 10.1. The van der Waals surface area contributed by atoms with E-state index in [1.165, 1.54) is 0 Å². The third-order valence-electron chi connectivity index (χ3n) is 2.20. The molecule has 7 nitrogen and oxygen atoms in total. The molecule has 23 heavy (non-hydrogen) atoms. The van der Waals surface area contributed by atoms with Crippen LogP contribution < -0.4 is 0 Å². The molecule has 1 atom stereocenters. The normalized spacial score (nSPS) is 15.1. The summed E-state index contributed by atoms with van der Waals surface area (Å²) in [6.07, 6.45) is -8.29. The average Bonchev–Trinajstić information content (AvgIpc) is 2.33. The number of carboxylic acid groups (broad SMARTS) is 1. The zero-order valence-corrected chi connectivity index (χ0v) is 11.3. The van der Waals surface area contributed by atoms with Crippen LogP contribution in [0.5, 0.6) is 0 Å². The largest absolute Gasteiger partial charge is 0.481 e. The predicted molar refractivity (Wildman–Crippen MR) is 54.5 cm³/mol. The Morgan fingerprint density at radius 2 is 1.52 bits per heavy atom. The number of carboxylic acids is 1. The average molecular weight is 380 g/mol. The Kier molecular flexibility index (Phi) is 6.00. The van der Waals surface area contributed by atoms with Gasteiger partial charge in [-0.05, 0) is 0 Å². The molecular formula is C8H7F7O7S. The van der Waals surface area contributed by atoms with Gasteiger partial charge in [0.1, 0.15) is 0 Å². The number of hydrogen-bond acceptors (Lipinski definition) is 5. The molecule has 0 saturated heterocycles. The summed E-state index contributed by atoms with van der Waals surface area (Å²) in [6, 6.07) is 0. The molecule has 15 heteroatoms. The summed E-state index contributed by atoms with van der Waals surface area (Å²) in [5.74, 6) is -17.7. The molecule has 0 amide bonds. The van der Waals surface area contributed by atoms with Gasteiger partial charge in [0, 0.05) is 0 Å². The molecule has 0 saturated carbocycles. The third-order valence-corrected chi connectivity index (χ3v) is 3.28. The van der Waals surface area contributed by atoms with E-state index < -0.39 is 58.4 Å². The van der Waals surface area contributed by atoms with E-state index in [4.69, 9.17) is 9.66 Å². The zero-order chi connectivity index (χ0) is 18.9. The monoisotopic (exact) mass is 380 g/mol. The Morgan fingerprint density at radius 3 is 1.83 bits per heavy atom. The number of ether oxygens (including phenoxy) is 1. The molecule has 0 aliphatic rings. The first kappa shape index (κ1) is 21.4. The van der Waals surface area contributed by atoms with Crippen molar-refractivity contribution in [3.63, 3.8) is 0 Å². The quantitative estimate of drug-likeness (QED) is 0.368. The van der Waals surface area contributed by atoms with Gasteiger partial charge < -0.3 is 9.84 Å². The lowest BCUT2D eigenvalue weighted by Gasteiger charge is -2.30. The number of esters is 1. The SMILES string of the molecule is O=C(O)CC(C(=O)OC(F)(F)C(F)(F)C(F)(F)CF)S(=O)(=O)O. The van der Waals surface area contributed by atoms with E-state index in [1.54, 1.807) is 0 Å². The van der Waals surface area contributed by atoms with Crippen LogP contribution in [0, 0.1) is 0 Å². The van der Waals surface area contributed by atoms with Gasteiger partial charge in [-0.2, -0.15) is 34.8 Å². The molecule has 136 valence electrons. The Bertz CT molecular complexity index is 573. The molecule has 0 aromatic rings.